The molecule has 0 bridgehead atoms. The van der Waals surface area contributed by atoms with Gasteiger partial charge in [0, 0.05) is 30.9 Å². The van der Waals surface area contributed by atoms with Gasteiger partial charge in [-0.1, -0.05) is 6.07 Å². The molecule has 2 nitrogen and oxygen atoms in total. The van der Waals surface area contributed by atoms with Crippen LogP contribution in [-0.4, -0.2) is 19.8 Å². The lowest BCUT2D eigenvalue weighted by Crippen LogP contribution is -2.26. The molecule has 1 atom stereocenters. The van der Waals surface area contributed by atoms with E-state index in [9.17, 15) is 17.6 Å². The summed E-state index contributed by atoms with van der Waals surface area (Å²) < 4.78 is 50.0. The number of anilines is 1. The van der Waals surface area contributed by atoms with Gasteiger partial charge < -0.3 is 10.6 Å². The second kappa shape index (κ2) is 5.56. The molecular weight excluding hydrogens is 248 g/mol. The number of benzene rings is 1. The quantitative estimate of drug-likeness (QED) is 0.846. The standard InChI is InChI=1S/C12H16F4N2/c1-8(17)11-9(13)4-3-5-10(11)18(2)7-6-12(14,15)16/h3-5,8H,6-7,17H2,1-2H3/t8-/m0/s1. The van der Waals surface area contributed by atoms with Crippen molar-refractivity contribution >= 4 is 5.69 Å². The maximum absolute atomic E-state index is 13.6. The summed E-state index contributed by atoms with van der Waals surface area (Å²) in [6, 6.07) is 3.70. The molecule has 0 fully saturated rings. The average Bonchev–Trinajstić information content (AvgIpc) is 2.24. The zero-order valence-electron chi connectivity index (χ0n) is 10.3. The summed E-state index contributed by atoms with van der Waals surface area (Å²) >= 11 is 0. The minimum atomic E-state index is -4.23. The van der Waals surface area contributed by atoms with Crippen molar-refractivity contribution in [2.75, 3.05) is 18.5 Å². The van der Waals surface area contributed by atoms with Crippen LogP contribution in [0.3, 0.4) is 0 Å². The van der Waals surface area contributed by atoms with E-state index in [4.69, 9.17) is 5.73 Å². The Morgan fingerprint density at radius 1 is 1.33 bits per heavy atom. The van der Waals surface area contributed by atoms with Gasteiger partial charge in [-0.25, -0.2) is 4.39 Å². The van der Waals surface area contributed by atoms with Crippen molar-refractivity contribution in [3.05, 3.63) is 29.6 Å². The lowest BCUT2D eigenvalue weighted by molar-refractivity contribution is -0.132. The Bertz CT molecular complexity index is 402. The van der Waals surface area contributed by atoms with E-state index >= 15 is 0 Å². The third kappa shape index (κ3) is 3.87. The van der Waals surface area contributed by atoms with Crippen LogP contribution in [-0.2, 0) is 0 Å². The van der Waals surface area contributed by atoms with Crippen LogP contribution in [0.5, 0.6) is 0 Å². The number of nitrogens with zero attached hydrogens (tertiary/aromatic N) is 1. The number of hydrogen-bond acceptors (Lipinski definition) is 2. The average molecular weight is 264 g/mol. The molecule has 0 aliphatic heterocycles. The number of rotatable bonds is 4. The normalized spacial score (nSPS) is 13.5. The Labute approximate surface area is 103 Å². The first-order valence-corrected chi connectivity index (χ1v) is 5.54. The first-order chi connectivity index (χ1) is 8.22. The van der Waals surface area contributed by atoms with Crippen molar-refractivity contribution in [1.82, 2.24) is 0 Å². The fraction of sp³-hybridized carbons (Fsp3) is 0.500. The van der Waals surface area contributed by atoms with Gasteiger partial charge in [-0.15, -0.1) is 0 Å². The van der Waals surface area contributed by atoms with E-state index in [1.54, 1.807) is 13.0 Å². The molecular formula is C12H16F4N2. The summed E-state index contributed by atoms with van der Waals surface area (Å²) in [5, 5.41) is 0. The molecule has 2 N–H and O–H groups in total. The van der Waals surface area contributed by atoms with Crippen LogP contribution in [0.15, 0.2) is 18.2 Å². The molecule has 1 aromatic carbocycles. The van der Waals surface area contributed by atoms with Crippen molar-refractivity contribution in [3.63, 3.8) is 0 Å². The molecule has 102 valence electrons. The van der Waals surface area contributed by atoms with E-state index in [2.05, 4.69) is 0 Å². The van der Waals surface area contributed by atoms with Crippen LogP contribution in [0.4, 0.5) is 23.2 Å². The summed E-state index contributed by atoms with van der Waals surface area (Å²) in [4.78, 5) is 1.37. The van der Waals surface area contributed by atoms with Gasteiger partial charge in [-0.2, -0.15) is 13.2 Å². The van der Waals surface area contributed by atoms with E-state index in [0.717, 1.165) is 0 Å². The molecule has 0 aliphatic rings. The third-order valence-electron chi connectivity index (χ3n) is 2.63. The molecule has 0 saturated heterocycles. The van der Waals surface area contributed by atoms with Crippen LogP contribution in [0.1, 0.15) is 24.9 Å². The predicted octanol–water partition coefficient (Wildman–Crippen LogP) is 3.23. The smallest absolute Gasteiger partial charge is 0.374 e. The monoisotopic (exact) mass is 264 g/mol. The van der Waals surface area contributed by atoms with E-state index in [1.165, 1.54) is 24.1 Å². The SMILES string of the molecule is C[C@H](N)c1c(F)cccc1N(C)CCC(F)(F)F. The lowest BCUT2D eigenvalue weighted by atomic mass is 10.1. The number of nitrogens with two attached hydrogens (primary N) is 1. The van der Waals surface area contributed by atoms with Gasteiger partial charge >= 0.3 is 6.18 Å². The van der Waals surface area contributed by atoms with E-state index in [1.807, 2.05) is 0 Å². The molecule has 6 heteroatoms. The fourth-order valence-corrected chi connectivity index (χ4v) is 1.72. The molecule has 0 amide bonds. The van der Waals surface area contributed by atoms with Crippen molar-refractivity contribution in [2.45, 2.75) is 25.6 Å². The topological polar surface area (TPSA) is 29.3 Å². The molecule has 0 radical (unpaired) electrons. The van der Waals surface area contributed by atoms with Crippen LogP contribution in [0.25, 0.3) is 0 Å². The largest absolute Gasteiger partial charge is 0.390 e. The van der Waals surface area contributed by atoms with Crippen molar-refractivity contribution in [2.24, 2.45) is 5.73 Å². The summed E-state index contributed by atoms with van der Waals surface area (Å²) in [5.41, 5.74) is 6.28. The van der Waals surface area contributed by atoms with Crippen LogP contribution in [0.2, 0.25) is 0 Å². The first kappa shape index (κ1) is 14.8. The molecule has 1 aromatic rings. The second-order valence-electron chi connectivity index (χ2n) is 4.25. The summed E-state index contributed by atoms with van der Waals surface area (Å²) in [6.07, 6.45) is -5.17. The highest BCUT2D eigenvalue weighted by Gasteiger charge is 2.27. The van der Waals surface area contributed by atoms with Crippen LogP contribution in [0, 0.1) is 5.82 Å². The summed E-state index contributed by atoms with van der Waals surface area (Å²) in [5.74, 6) is -0.499. The second-order valence-corrected chi connectivity index (χ2v) is 4.25. The number of hydrogen-bond donors (Lipinski definition) is 1. The highest BCUT2D eigenvalue weighted by atomic mass is 19.4. The van der Waals surface area contributed by atoms with Gasteiger partial charge in [0.15, 0.2) is 0 Å². The predicted molar refractivity (Wildman–Crippen MR) is 62.9 cm³/mol. The molecule has 0 spiro atoms. The lowest BCUT2D eigenvalue weighted by Gasteiger charge is -2.24. The Hall–Kier alpha value is -1.30. The molecule has 0 heterocycles. The minimum Gasteiger partial charge on any atom is -0.374 e. The number of halogens is 4. The molecule has 0 unspecified atom stereocenters. The van der Waals surface area contributed by atoms with E-state index in [0.29, 0.717) is 5.69 Å². The highest BCUT2D eigenvalue weighted by Crippen LogP contribution is 2.28. The zero-order valence-corrected chi connectivity index (χ0v) is 10.3. The molecule has 0 saturated carbocycles. The Morgan fingerprint density at radius 2 is 1.94 bits per heavy atom. The van der Waals surface area contributed by atoms with Crippen molar-refractivity contribution < 1.29 is 17.6 Å². The Morgan fingerprint density at radius 3 is 2.44 bits per heavy atom. The molecule has 1 rings (SSSR count). The van der Waals surface area contributed by atoms with E-state index < -0.39 is 24.5 Å². The van der Waals surface area contributed by atoms with Gasteiger partial charge in [0.1, 0.15) is 5.82 Å². The molecule has 0 aliphatic carbocycles. The van der Waals surface area contributed by atoms with E-state index in [-0.39, 0.29) is 12.1 Å². The summed E-state index contributed by atoms with van der Waals surface area (Å²) in [6.45, 7) is 1.37. The Balaban J connectivity index is 2.92. The minimum absolute atomic E-state index is 0.229. The van der Waals surface area contributed by atoms with Crippen molar-refractivity contribution in [1.29, 1.82) is 0 Å². The zero-order chi connectivity index (χ0) is 13.9. The van der Waals surface area contributed by atoms with Crippen molar-refractivity contribution in [3.8, 4) is 0 Å². The fourth-order valence-electron chi connectivity index (χ4n) is 1.72. The maximum Gasteiger partial charge on any atom is 0.390 e. The van der Waals surface area contributed by atoms with Crippen LogP contribution >= 0.6 is 0 Å². The van der Waals surface area contributed by atoms with Gasteiger partial charge in [0.05, 0.1) is 6.42 Å². The number of alkyl halides is 3. The Kier molecular flexibility index (Phi) is 4.56. The third-order valence-corrected chi connectivity index (χ3v) is 2.63. The van der Waals surface area contributed by atoms with Gasteiger partial charge in [-0.05, 0) is 19.1 Å². The first-order valence-electron chi connectivity index (χ1n) is 5.54. The molecule has 18 heavy (non-hydrogen) atoms. The van der Waals surface area contributed by atoms with Gasteiger partial charge in [-0.3, -0.25) is 0 Å². The maximum atomic E-state index is 13.6. The van der Waals surface area contributed by atoms with Gasteiger partial charge in [0.2, 0.25) is 0 Å². The molecule has 0 aromatic heterocycles. The van der Waals surface area contributed by atoms with Crippen LogP contribution < -0.4 is 10.6 Å². The summed E-state index contributed by atoms with van der Waals surface area (Å²) in [7, 11) is 1.49. The highest BCUT2D eigenvalue weighted by molar-refractivity contribution is 5.54. The van der Waals surface area contributed by atoms with Gasteiger partial charge in [0.25, 0.3) is 0 Å².